The third-order valence-electron chi connectivity index (χ3n) is 1.37. The van der Waals surface area contributed by atoms with E-state index in [1.54, 1.807) is 33.9 Å². The van der Waals surface area contributed by atoms with Crippen LogP contribution in [0.5, 0.6) is 0 Å². The van der Waals surface area contributed by atoms with Gasteiger partial charge in [-0.3, -0.25) is 0 Å². The molecule has 0 unspecified atom stereocenters. The molecule has 0 aliphatic heterocycles. The Labute approximate surface area is 106 Å². The van der Waals surface area contributed by atoms with Gasteiger partial charge in [0.1, 0.15) is 5.60 Å². The van der Waals surface area contributed by atoms with Gasteiger partial charge in [-0.15, -0.1) is 0 Å². The third-order valence-corrected chi connectivity index (χ3v) is 1.37. The van der Waals surface area contributed by atoms with Gasteiger partial charge >= 0.3 is 12.1 Å². The average molecular weight is 257 g/mol. The summed E-state index contributed by atoms with van der Waals surface area (Å²) in [6.07, 6.45) is 2.36. The van der Waals surface area contributed by atoms with Crippen LogP contribution in [-0.4, -0.2) is 34.2 Å². The van der Waals surface area contributed by atoms with Gasteiger partial charge in [-0.05, 0) is 27.7 Å². The summed E-state index contributed by atoms with van der Waals surface area (Å²) >= 11 is 0. The molecule has 0 bridgehead atoms. The lowest BCUT2D eigenvalue weighted by Crippen LogP contribution is -2.27. The number of esters is 1. The number of carbonyl (C=O) groups is 2. The lowest BCUT2D eigenvalue weighted by Gasteiger charge is -2.16. The van der Waals surface area contributed by atoms with Crippen LogP contribution in [-0.2, 0) is 9.47 Å². The minimum absolute atomic E-state index is 0.252. The minimum atomic E-state index is -0.725. The molecular formula is C11H19N3O4. The summed E-state index contributed by atoms with van der Waals surface area (Å²) in [4.78, 5) is 27.1. The van der Waals surface area contributed by atoms with Crippen molar-refractivity contribution >= 4 is 12.1 Å². The Balaban J connectivity index is 0.000000331. The number of rotatable bonds is 2. The number of carbonyl (C=O) groups excluding carboxylic acids is 2. The van der Waals surface area contributed by atoms with Crippen LogP contribution in [0.2, 0.25) is 0 Å². The molecule has 1 heterocycles. The molecule has 3 N–H and O–H groups in total. The largest absolute Gasteiger partial charge is 0.460 e. The second-order valence-corrected chi connectivity index (χ2v) is 4.19. The summed E-state index contributed by atoms with van der Waals surface area (Å²) in [5, 5.41) is 0. The van der Waals surface area contributed by atoms with Crippen molar-refractivity contribution in [2.45, 2.75) is 33.3 Å². The highest BCUT2D eigenvalue weighted by Crippen LogP contribution is 2.04. The molecule has 0 aliphatic rings. The molecule has 0 atom stereocenters. The van der Waals surface area contributed by atoms with Gasteiger partial charge in [-0.2, -0.15) is 0 Å². The first-order chi connectivity index (χ1) is 8.26. The smallest absolute Gasteiger partial charge is 0.405 e. The second-order valence-electron chi connectivity index (χ2n) is 4.19. The normalized spacial score (nSPS) is 10.0. The van der Waals surface area contributed by atoms with Crippen LogP contribution in [0.1, 0.15) is 38.3 Å². The summed E-state index contributed by atoms with van der Waals surface area (Å²) in [6, 6.07) is 0. The van der Waals surface area contributed by atoms with Gasteiger partial charge in [0.2, 0.25) is 5.82 Å². The first-order valence-corrected chi connectivity index (χ1v) is 5.41. The summed E-state index contributed by atoms with van der Waals surface area (Å²) < 4.78 is 9.23. The number of imidazole rings is 1. The molecule has 0 spiro atoms. The number of nitrogens with one attached hydrogen (secondary N) is 1. The molecule has 102 valence electrons. The predicted octanol–water partition coefficient (Wildman–Crippen LogP) is 1.47. The van der Waals surface area contributed by atoms with Crippen molar-refractivity contribution < 1.29 is 19.1 Å². The van der Waals surface area contributed by atoms with Crippen LogP contribution in [0.15, 0.2) is 12.4 Å². The number of hydrogen-bond donors (Lipinski definition) is 2. The first-order valence-electron chi connectivity index (χ1n) is 5.41. The quantitative estimate of drug-likeness (QED) is 0.780. The van der Waals surface area contributed by atoms with Crippen molar-refractivity contribution in [3.63, 3.8) is 0 Å². The Kier molecular flexibility index (Phi) is 6.48. The summed E-state index contributed by atoms with van der Waals surface area (Å²) in [5.41, 5.74) is 4.26. The fourth-order valence-electron chi connectivity index (χ4n) is 0.878. The number of hydrogen-bond acceptors (Lipinski definition) is 5. The number of ether oxygens (including phenoxy) is 2. The summed E-state index contributed by atoms with van der Waals surface area (Å²) in [5.74, 6) is -0.158. The van der Waals surface area contributed by atoms with E-state index in [0.717, 1.165) is 0 Å². The molecular weight excluding hydrogens is 238 g/mol. The number of aromatic nitrogens is 2. The van der Waals surface area contributed by atoms with Gasteiger partial charge < -0.3 is 20.2 Å². The Morgan fingerprint density at radius 1 is 1.44 bits per heavy atom. The van der Waals surface area contributed by atoms with E-state index in [4.69, 9.17) is 5.73 Å². The van der Waals surface area contributed by atoms with Gasteiger partial charge in [-0.1, -0.05) is 0 Å². The van der Waals surface area contributed by atoms with E-state index in [-0.39, 0.29) is 5.82 Å². The van der Waals surface area contributed by atoms with Gasteiger partial charge in [0.15, 0.2) is 0 Å². The molecule has 0 fully saturated rings. The molecule has 18 heavy (non-hydrogen) atoms. The predicted molar refractivity (Wildman–Crippen MR) is 65.0 cm³/mol. The van der Waals surface area contributed by atoms with Gasteiger partial charge in [0, 0.05) is 12.4 Å². The van der Waals surface area contributed by atoms with E-state index in [1.807, 2.05) is 0 Å². The van der Waals surface area contributed by atoms with E-state index in [9.17, 15) is 9.59 Å². The maximum atomic E-state index is 10.8. The van der Waals surface area contributed by atoms with Crippen molar-refractivity contribution in [2.24, 2.45) is 5.73 Å². The van der Waals surface area contributed by atoms with Gasteiger partial charge in [0.25, 0.3) is 0 Å². The molecule has 0 aromatic carbocycles. The zero-order valence-electron chi connectivity index (χ0n) is 11.0. The topological polar surface area (TPSA) is 107 Å². The summed E-state index contributed by atoms with van der Waals surface area (Å²) in [7, 11) is 0. The zero-order chi connectivity index (χ0) is 14.2. The van der Waals surface area contributed by atoms with E-state index < -0.39 is 17.7 Å². The SMILES string of the molecule is CC(C)(C)OC(N)=O.CCOC(=O)c1ncc[nH]1. The molecule has 1 aromatic heterocycles. The van der Waals surface area contributed by atoms with Crippen molar-refractivity contribution in [1.82, 2.24) is 9.97 Å². The highest BCUT2D eigenvalue weighted by Gasteiger charge is 2.12. The number of amides is 1. The number of nitrogens with two attached hydrogens (primary N) is 1. The highest BCUT2D eigenvalue weighted by molar-refractivity contribution is 5.84. The molecule has 0 saturated heterocycles. The third kappa shape index (κ3) is 8.14. The van der Waals surface area contributed by atoms with Crippen molar-refractivity contribution in [2.75, 3.05) is 6.61 Å². The van der Waals surface area contributed by atoms with Crippen LogP contribution in [0.4, 0.5) is 4.79 Å². The molecule has 7 heteroatoms. The summed E-state index contributed by atoms with van der Waals surface area (Å²) in [6.45, 7) is 7.41. The molecule has 0 saturated carbocycles. The second kappa shape index (κ2) is 7.31. The number of primary amides is 1. The lowest BCUT2D eigenvalue weighted by atomic mass is 10.2. The first kappa shape index (κ1) is 16.0. The van der Waals surface area contributed by atoms with Crippen molar-refractivity contribution in [1.29, 1.82) is 0 Å². The molecule has 1 amide bonds. The van der Waals surface area contributed by atoms with Crippen LogP contribution in [0.25, 0.3) is 0 Å². The molecule has 0 radical (unpaired) electrons. The number of aromatic amines is 1. The Bertz CT molecular complexity index is 368. The van der Waals surface area contributed by atoms with E-state index >= 15 is 0 Å². The lowest BCUT2D eigenvalue weighted by molar-refractivity contribution is 0.0512. The minimum Gasteiger partial charge on any atom is -0.460 e. The molecule has 1 aromatic rings. The van der Waals surface area contributed by atoms with Crippen molar-refractivity contribution in [3.8, 4) is 0 Å². The molecule has 7 nitrogen and oxygen atoms in total. The molecule has 0 aliphatic carbocycles. The van der Waals surface area contributed by atoms with Gasteiger partial charge in [-0.25, -0.2) is 14.6 Å². The Morgan fingerprint density at radius 2 is 2.06 bits per heavy atom. The zero-order valence-corrected chi connectivity index (χ0v) is 11.0. The number of nitrogens with zero attached hydrogens (tertiary/aromatic N) is 1. The number of H-pyrrole nitrogens is 1. The Hall–Kier alpha value is -2.05. The van der Waals surface area contributed by atoms with Crippen LogP contribution >= 0.6 is 0 Å². The fourth-order valence-corrected chi connectivity index (χ4v) is 0.878. The maximum absolute atomic E-state index is 10.8. The average Bonchev–Trinajstić information content (AvgIpc) is 2.67. The van der Waals surface area contributed by atoms with Gasteiger partial charge in [0.05, 0.1) is 6.61 Å². The van der Waals surface area contributed by atoms with Crippen molar-refractivity contribution in [3.05, 3.63) is 18.2 Å². The van der Waals surface area contributed by atoms with E-state index in [0.29, 0.717) is 6.61 Å². The fraction of sp³-hybridized carbons (Fsp3) is 0.545. The monoisotopic (exact) mass is 257 g/mol. The van der Waals surface area contributed by atoms with E-state index in [1.165, 1.54) is 6.20 Å². The van der Waals surface area contributed by atoms with Crippen LogP contribution in [0, 0.1) is 0 Å². The Morgan fingerprint density at radius 3 is 2.33 bits per heavy atom. The van der Waals surface area contributed by atoms with E-state index in [2.05, 4.69) is 19.4 Å². The standard InChI is InChI=1S/C6H8N2O2.C5H11NO2/c1-2-10-6(9)5-7-3-4-8-5;1-5(2,3)8-4(6)7/h3-4H,2H2,1H3,(H,7,8);1-3H3,(H2,6,7). The van der Waals surface area contributed by atoms with Crippen LogP contribution < -0.4 is 5.73 Å². The molecule has 1 rings (SSSR count). The van der Waals surface area contributed by atoms with Crippen LogP contribution in [0.3, 0.4) is 0 Å². The highest BCUT2D eigenvalue weighted by atomic mass is 16.6. The maximum Gasteiger partial charge on any atom is 0.405 e.